The van der Waals surface area contributed by atoms with Crippen LogP contribution in [0, 0.1) is 0 Å². The van der Waals surface area contributed by atoms with E-state index in [9.17, 15) is 9.59 Å². The molecule has 0 heterocycles. The summed E-state index contributed by atoms with van der Waals surface area (Å²) in [6.45, 7) is 5.66. The zero-order valence-corrected chi connectivity index (χ0v) is 16.6. The van der Waals surface area contributed by atoms with Gasteiger partial charge in [-0.15, -0.1) is 0 Å². The highest BCUT2D eigenvalue weighted by Crippen LogP contribution is 2.25. The van der Waals surface area contributed by atoms with Crippen LogP contribution in [0.4, 0.5) is 4.79 Å². The lowest BCUT2D eigenvalue weighted by atomic mass is 10.1. The number of benzene rings is 1. The van der Waals surface area contributed by atoms with Crippen LogP contribution in [0.1, 0.15) is 32.4 Å². The van der Waals surface area contributed by atoms with Crippen LogP contribution in [0.15, 0.2) is 24.3 Å². The molecule has 0 aliphatic rings. The molecular formula is C18H28ClN3O3. The largest absolute Gasteiger partial charge is 0.444 e. The van der Waals surface area contributed by atoms with Crippen molar-refractivity contribution in [3.05, 3.63) is 34.9 Å². The lowest BCUT2D eigenvalue weighted by molar-refractivity contribution is -0.122. The van der Waals surface area contributed by atoms with Gasteiger partial charge < -0.3 is 19.9 Å². The highest BCUT2D eigenvalue weighted by atomic mass is 35.5. The number of hydrogen-bond donors (Lipinski definition) is 1. The number of ether oxygens (including phenoxy) is 1. The maximum Gasteiger partial charge on any atom is 0.410 e. The topological polar surface area (TPSA) is 61.9 Å². The maximum atomic E-state index is 12.2. The highest BCUT2D eigenvalue weighted by Gasteiger charge is 2.22. The van der Waals surface area contributed by atoms with Crippen LogP contribution >= 0.6 is 11.6 Å². The summed E-state index contributed by atoms with van der Waals surface area (Å²) in [6.07, 6.45) is -0.530. The third-order valence-corrected chi connectivity index (χ3v) is 3.81. The molecule has 25 heavy (non-hydrogen) atoms. The number of likely N-dealkylation sites (N-methyl/N-ethyl adjacent to an activating group) is 2. The maximum absolute atomic E-state index is 12.2. The molecule has 140 valence electrons. The summed E-state index contributed by atoms with van der Waals surface area (Å²) in [7, 11) is 5.38. The molecule has 0 fully saturated rings. The lowest BCUT2D eigenvalue weighted by Crippen LogP contribution is -2.43. The van der Waals surface area contributed by atoms with Crippen LogP contribution in [0.2, 0.25) is 5.02 Å². The summed E-state index contributed by atoms with van der Waals surface area (Å²) in [5, 5.41) is 3.50. The first-order chi connectivity index (χ1) is 11.5. The molecule has 0 bridgehead atoms. The standard InChI is InChI=1S/C18H28ClN3O3/c1-18(2,3)25-17(24)22(6)12-16(23)20-11-15(21(4)5)13-9-7-8-10-14(13)19/h7-10,15H,11-12H2,1-6H3,(H,20,23). The van der Waals surface area contributed by atoms with Crippen molar-refractivity contribution in [1.29, 1.82) is 0 Å². The van der Waals surface area contributed by atoms with Gasteiger partial charge in [-0.3, -0.25) is 4.79 Å². The van der Waals surface area contributed by atoms with Gasteiger partial charge in [0.1, 0.15) is 12.1 Å². The Bertz CT molecular complexity index is 599. The van der Waals surface area contributed by atoms with Gasteiger partial charge in [0.05, 0.1) is 6.04 Å². The van der Waals surface area contributed by atoms with Gasteiger partial charge in [0.2, 0.25) is 5.91 Å². The second kappa shape index (κ2) is 9.06. The van der Waals surface area contributed by atoms with E-state index in [0.29, 0.717) is 11.6 Å². The van der Waals surface area contributed by atoms with E-state index in [2.05, 4.69) is 5.32 Å². The average molecular weight is 370 g/mol. The molecule has 0 aliphatic carbocycles. The van der Waals surface area contributed by atoms with Gasteiger partial charge in [-0.2, -0.15) is 0 Å². The van der Waals surface area contributed by atoms with Crippen LogP contribution in [0.5, 0.6) is 0 Å². The number of nitrogens with one attached hydrogen (secondary N) is 1. The van der Waals surface area contributed by atoms with Crippen LogP contribution < -0.4 is 5.32 Å². The first kappa shape index (κ1) is 21.3. The van der Waals surface area contributed by atoms with Crippen molar-refractivity contribution < 1.29 is 14.3 Å². The van der Waals surface area contributed by atoms with Crippen molar-refractivity contribution >= 4 is 23.6 Å². The van der Waals surface area contributed by atoms with E-state index in [-0.39, 0.29) is 18.5 Å². The first-order valence-electron chi connectivity index (χ1n) is 8.13. The molecule has 1 rings (SSSR count). The average Bonchev–Trinajstić information content (AvgIpc) is 2.47. The van der Waals surface area contributed by atoms with Crippen molar-refractivity contribution in [2.45, 2.75) is 32.4 Å². The minimum absolute atomic E-state index is 0.0653. The minimum Gasteiger partial charge on any atom is -0.444 e. The summed E-state index contributed by atoms with van der Waals surface area (Å²) >= 11 is 6.26. The minimum atomic E-state index is -0.595. The van der Waals surface area contributed by atoms with Gasteiger partial charge in [0.25, 0.3) is 0 Å². The predicted octanol–water partition coefficient (Wildman–Crippen LogP) is 2.93. The molecule has 0 aliphatic heterocycles. The fourth-order valence-electron chi connectivity index (χ4n) is 2.20. The molecule has 0 radical (unpaired) electrons. The summed E-state index contributed by atoms with van der Waals surface area (Å²) < 4.78 is 5.23. The summed E-state index contributed by atoms with van der Waals surface area (Å²) in [5.41, 5.74) is 0.344. The Labute approximate surface area is 155 Å². The molecule has 0 spiro atoms. The third-order valence-electron chi connectivity index (χ3n) is 3.47. The number of amides is 2. The zero-order chi connectivity index (χ0) is 19.2. The second-order valence-electron chi connectivity index (χ2n) is 7.14. The number of carbonyl (C=O) groups is 2. The third kappa shape index (κ3) is 7.32. The van der Waals surface area contributed by atoms with Crippen LogP contribution in [-0.4, -0.2) is 61.6 Å². The zero-order valence-electron chi connectivity index (χ0n) is 15.8. The van der Waals surface area contributed by atoms with Crippen LogP contribution in [0.3, 0.4) is 0 Å². The Morgan fingerprint density at radius 3 is 2.32 bits per heavy atom. The number of halogens is 1. The first-order valence-corrected chi connectivity index (χ1v) is 8.50. The Morgan fingerprint density at radius 2 is 1.80 bits per heavy atom. The van der Waals surface area contributed by atoms with Crippen molar-refractivity contribution in [3.8, 4) is 0 Å². The van der Waals surface area contributed by atoms with Crippen molar-refractivity contribution in [1.82, 2.24) is 15.1 Å². The fraction of sp³-hybridized carbons (Fsp3) is 0.556. The number of hydrogen-bond acceptors (Lipinski definition) is 4. The van der Waals surface area contributed by atoms with Gasteiger partial charge in [-0.05, 0) is 46.5 Å². The Kier molecular flexibility index (Phi) is 7.70. The van der Waals surface area contributed by atoms with E-state index in [1.54, 1.807) is 20.8 Å². The number of rotatable bonds is 6. The molecule has 0 aromatic heterocycles. The molecule has 1 unspecified atom stereocenters. The SMILES string of the molecule is CN(CC(=O)NCC(c1ccccc1Cl)N(C)C)C(=O)OC(C)(C)C. The molecule has 2 amide bonds. The summed E-state index contributed by atoms with van der Waals surface area (Å²) in [4.78, 5) is 27.3. The molecule has 0 saturated carbocycles. The van der Waals surface area contributed by atoms with E-state index in [1.807, 2.05) is 43.3 Å². The van der Waals surface area contributed by atoms with Crippen LogP contribution in [-0.2, 0) is 9.53 Å². The summed E-state index contributed by atoms with van der Waals surface area (Å²) in [5.74, 6) is -0.257. The van der Waals surface area contributed by atoms with Crippen molar-refractivity contribution in [3.63, 3.8) is 0 Å². The predicted molar refractivity (Wildman–Crippen MR) is 99.8 cm³/mol. The van der Waals surface area contributed by atoms with E-state index in [0.717, 1.165) is 5.56 Å². The Balaban J connectivity index is 2.61. The quantitative estimate of drug-likeness (QED) is 0.837. The van der Waals surface area contributed by atoms with E-state index >= 15 is 0 Å². The number of carbonyl (C=O) groups excluding carboxylic acids is 2. The van der Waals surface area contributed by atoms with Gasteiger partial charge in [-0.1, -0.05) is 29.8 Å². The van der Waals surface area contributed by atoms with Gasteiger partial charge in [-0.25, -0.2) is 4.79 Å². The molecule has 1 N–H and O–H groups in total. The molecule has 1 atom stereocenters. The lowest BCUT2D eigenvalue weighted by Gasteiger charge is -2.27. The fourth-order valence-corrected chi connectivity index (χ4v) is 2.46. The molecule has 7 heteroatoms. The normalized spacial score (nSPS) is 12.6. The molecule has 6 nitrogen and oxygen atoms in total. The Morgan fingerprint density at radius 1 is 1.20 bits per heavy atom. The van der Waals surface area contributed by atoms with Crippen LogP contribution in [0.25, 0.3) is 0 Å². The number of nitrogens with zero attached hydrogens (tertiary/aromatic N) is 2. The van der Waals surface area contributed by atoms with Gasteiger partial charge >= 0.3 is 6.09 Å². The monoisotopic (exact) mass is 369 g/mol. The molecule has 0 saturated heterocycles. The molecule has 1 aromatic rings. The van der Waals surface area contributed by atoms with Crippen molar-refractivity contribution in [2.24, 2.45) is 0 Å². The van der Waals surface area contributed by atoms with E-state index < -0.39 is 11.7 Å². The van der Waals surface area contributed by atoms with Gasteiger partial charge in [0, 0.05) is 18.6 Å². The highest BCUT2D eigenvalue weighted by molar-refractivity contribution is 6.31. The Hall–Kier alpha value is -1.79. The smallest absolute Gasteiger partial charge is 0.410 e. The molecular weight excluding hydrogens is 342 g/mol. The van der Waals surface area contributed by atoms with Crippen molar-refractivity contribution in [2.75, 3.05) is 34.2 Å². The van der Waals surface area contributed by atoms with E-state index in [4.69, 9.17) is 16.3 Å². The summed E-state index contributed by atoms with van der Waals surface area (Å²) in [6, 6.07) is 7.48. The van der Waals surface area contributed by atoms with E-state index in [1.165, 1.54) is 11.9 Å². The van der Waals surface area contributed by atoms with Gasteiger partial charge in [0.15, 0.2) is 0 Å². The molecule has 1 aromatic carbocycles. The second-order valence-corrected chi connectivity index (χ2v) is 7.55.